The van der Waals surface area contributed by atoms with Crippen LogP contribution in [-0.2, 0) is 19.4 Å². The smallest absolute Gasteiger partial charge is 0.325 e. The number of ether oxygens (including phenoxy) is 1. The molecule has 0 rings (SSSR count). The summed E-state index contributed by atoms with van der Waals surface area (Å²) >= 11 is 0. The minimum absolute atomic E-state index is 0.0178. The van der Waals surface area contributed by atoms with E-state index in [1.54, 1.807) is 27.7 Å². The molecule has 0 saturated heterocycles. The van der Waals surface area contributed by atoms with Gasteiger partial charge in [0.1, 0.15) is 5.54 Å². The van der Waals surface area contributed by atoms with Gasteiger partial charge >= 0.3 is 5.97 Å². The lowest BCUT2D eigenvalue weighted by Crippen LogP contribution is -2.53. The highest BCUT2D eigenvalue weighted by molar-refractivity contribution is 7.91. The van der Waals surface area contributed by atoms with Crippen molar-refractivity contribution in [2.45, 2.75) is 39.3 Å². The van der Waals surface area contributed by atoms with E-state index >= 15 is 0 Å². The van der Waals surface area contributed by atoms with Crippen molar-refractivity contribution < 1.29 is 17.9 Å². The van der Waals surface area contributed by atoms with E-state index in [1.807, 2.05) is 0 Å². The summed E-state index contributed by atoms with van der Waals surface area (Å²) in [7, 11) is -1.73. The van der Waals surface area contributed by atoms with Gasteiger partial charge in [-0.15, -0.1) is 0 Å². The summed E-state index contributed by atoms with van der Waals surface area (Å²) in [5.74, 6) is -0.282. The van der Waals surface area contributed by atoms with E-state index in [0.29, 0.717) is 0 Å². The van der Waals surface area contributed by atoms with Gasteiger partial charge in [-0.3, -0.25) is 10.1 Å². The van der Waals surface area contributed by atoms with Crippen molar-refractivity contribution in [3.63, 3.8) is 0 Å². The largest absolute Gasteiger partial charge is 0.468 e. The van der Waals surface area contributed by atoms with Crippen LogP contribution in [0.3, 0.4) is 0 Å². The molecule has 0 aromatic heterocycles. The van der Waals surface area contributed by atoms with Crippen LogP contribution in [-0.4, -0.2) is 44.6 Å². The molecule has 0 spiro atoms. The number of carbonyl (C=O) groups is 1. The van der Waals surface area contributed by atoms with Crippen LogP contribution in [0.4, 0.5) is 0 Å². The van der Waals surface area contributed by atoms with Crippen molar-refractivity contribution in [2.75, 3.05) is 18.6 Å². The van der Waals surface area contributed by atoms with Crippen LogP contribution in [0.1, 0.15) is 27.7 Å². The highest BCUT2D eigenvalue weighted by Crippen LogP contribution is 2.07. The summed E-state index contributed by atoms with van der Waals surface area (Å²) in [6, 6.07) is -0.293. The molecule has 1 atom stereocenters. The maximum Gasteiger partial charge on any atom is 0.325 e. The van der Waals surface area contributed by atoms with Gasteiger partial charge in [-0.1, -0.05) is 6.92 Å². The number of nitrogens with one attached hydrogen (secondary N) is 1. The lowest BCUT2D eigenvalue weighted by molar-refractivity contribution is -0.147. The Labute approximate surface area is 97.5 Å². The third-order valence-corrected chi connectivity index (χ3v) is 4.13. The highest BCUT2D eigenvalue weighted by Gasteiger charge is 2.30. The van der Waals surface area contributed by atoms with Crippen molar-refractivity contribution in [1.29, 1.82) is 0 Å². The predicted molar refractivity (Wildman–Crippen MR) is 63.0 cm³/mol. The molecule has 0 amide bonds. The third-order valence-electron chi connectivity index (χ3n) is 2.25. The van der Waals surface area contributed by atoms with E-state index in [0.717, 1.165) is 0 Å². The molecule has 0 saturated carbocycles. The number of methoxy groups -OCH3 is 1. The zero-order chi connectivity index (χ0) is 13.0. The summed E-state index contributed by atoms with van der Waals surface area (Å²) in [6.45, 7) is 6.66. The molecule has 1 unspecified atom stereocenters. The van der Waals surface area contributed by atoms with E-state index < -0.39 is 21.3 Å². The van der Waals surface area contributed by atoms with Crippen molar-refractivity contribution in [1.82, 2.24) is 5.32 Å². The van der Waals surface area contributed by atoms with Gasteiger partial charge in [0.05, 0.1) is 12.9 Å². The van der Waals surface area contributed by atoms with E-state index in [2.05, 4.69) is 10.1 Å². The van der Waals surface area contributed by atoms with Gasteiger partial charge in [-0.05, 0) is 20.8 Å². The lowest BCUT2D eigenvalue weighted by Gasteiger charge is -2.27. The van der Waals surface area contributed by atoms with Crippen LogP contribution in [0.25, 0.3) is 0 Å². The number of rotatable bonds is 6. The Morgan fingerprint density at radius 1 is 1.44 bits per heavy atom. The van der Waals surface area contributed by atoms with Gasteiger partial charge in [0.15, 0.2) is 9.84 Å². The minimum atomic E-state index is -3.04. The molecule has 16 heavy (non-hydrogen) atoms. The molecule has 0 aromatic rings. The zero-order valence-electron chi connectivity index (χ0n) is 10.5. The third kappa shape index (κ3) is 4.94. The first-order valence-electron chi connectivity index (χ1n) is 5.21. The fourth-order valence-electron chi connectivity index (χ4n) is 1.47. The molecular formula is C10H21NO4S. The van der Waals surface area contributed by atoms with E-state index in [1.165, 1.54) is 7.11 Å². The molecule has 0 bridgehead atoms. The molecule has 0 fully saturated rings. The van der Waals surface area contributed by atoms with Crippen molar-refractivity contribution in [3.8, 4) is 0 Å². The SMILES string of the molecule is CCS(=O)(=O)CC(C)NC(C)(C)C(=O)OC. The molecular weight excluding hydrogens is 230 g/mol. The molecule has 5 nitrogen and oxygen atoms in total. The van der Waals surface area contributed by atoms with Gasteiger partial charge in [0.2, 0.25) is 0 Å². The second kappa shape index (κ2) is 5.63. The molecule has 0 aliphatic heterocycles. The number of sulfone groups is 1. The maximum atomic E-state index is 11.4. The number of hydrogen-bond donors (Lipinski definition) is 1. The Bertz CT molecular complexity index is 335. The zero-order valence-corrected chi connectivity index (χ0v) is 11.3. The first-order valence-corrected chi connectivity index (χ1v) is 7.03. The monoisotopic (exact) mass is 251 g/mol. The standard InChI is InChI=1S/C10H21NO4S/c1-6-16(13,14)7-8(2)11-10(3,4)9(12)15-5/h8,11H,6-7H2,1-5H3. The average molecular weight is 251 g/mol. The van der Waals surface area contributed by atoms with E-state index in [4.69, 9.17) is 0 Å². The molecule has 0 aliphatic carbocycles. The number of hydrogen-bond acceptors (Lipinski definition) is 5. The van der Waals surface area contributed by atoms with Crippen LogP contribution in [0.15, 0.2) is 0 Å². The van der Waals surface area contributed by atoms with Crippen LogP contribution >= 0.6 is 0 Å². The number of carbonyl (C=O) groups excluding carboxylic acids is 1. The summed E-state index contributed by atoms with van der Waals surface area (Å²) < 4.78 is 27.4. The number of esters is 1. The Hall–Kier alpha value is -0.620. The van der Waals surface area contributed by atoms with Crippen molar-refractivity contribution in [3.05, 3.63) is 0 Å². The molecule has 96 valence electrons. The first-order chi connectivity index (χ1) is 7.14. The lowest BCUT2D eigenvalue weighted by atomic mass is 10.1. The summed E-state index contributed by atoms with van der Waals surface area (Å²) in [5.41, 5.74) is -0.878. The Balaban J connectivity index is 4.46. The fraction of sp³-hybridized carbons (Fsp3) is 0.900. The average Bonchev–Trinajstić information content (AvgIpc) is 2.14. The molecule has 0 aliphatic rings. The molecule has 0 aromatic carbocycles. The van der Waals surface area contributed by atoms with Gasteiger partial charge in [-0.25, -0.2) is 8.42 Å². The van der Waals surface area contributed by atoms with Crippen LogP contribution < -0.4 is 5.32 Å². The summed E-state index contributed by atoms with van der Waals surface area (Å²) in [5, 5.41) is 2.94. The summed E-state index contributed by atoms with van der Waals surface area (Å²) in [6.07, 6.45) is 0. The van der Waals surface area contributed by atoms with Crippen LogP contribution in [0, 0.1) is 0 Å². The van der Waals surface area contributed by atoms with Crippen molar-refractivity contribution in [2.24, 2.45) is 0 Å². The quantitative estimate of drug-likeness (QED) is 0.690. The predicted octanol–water partition coefficient (Wildman–Crippen LogP) is 0.351. The van der Waals surface area contributed by atoms with Crippen molar-refractivity contribution >= 4 is 15.8 Å². The maximum absolute atomic E-state index is 11.4. The van der Waals surface area contributed by atoms with Crippen LogP contribution in [0.2, 0.25) is 0 Å². The topological polar surface area (TPSA) is 72.5 Å². The highest BCUT2D eigenvalue weighted by atomic mass is 32.2. The molecule has 1 N–H and O–H groups in total. The molecule has 0 heterocycles. The second-order valence-electron chi connectivity index (χ2n) is 4.36. The van der Waals surface area contributed by atoms with Gasteiger partial charge in [0, 0.05) is 11.8 Å². The van der Waals surface area contributed by atoms with E-state index in [-0.39, 0.29) is 17.5 Å². The molecule has 0 radical (unpaired) electrons. The summed E-state index contributed by atoms with van der Waals surface area (Å²) in [4.78, 5) is 11.4. The van der Waals surface area contributed by atoms with E-state index in [9.17, 15) is 13.2 Å². The van der Waals surface area contributed by atoms with Gasteiger partial charge < -0.3 is 4.74 Å². The molecule has 6 heteroatoms. The fourth-order valence-corrected chi connectivity index (χ4v) is 2.55. The Morgan fingerprint density at radius 2 is 1.94 bits per heavy atom. The Kier molecular flexibility index (Phi) is 5.41. The van der Waals surface area contributed by atoms with Gasteiger partial charge in [-0.2, -0.15) is 0 Å². The normalized spacial score (nSPS) is 14.6. The minimum Gasteiger partial charge on any atom is -0.468 e. The van der Waals surface area contributed by atoms with Crippen LogP contribution in [0.5, 0.6) is 0 Å². The second-order valence-corrected chi connectivity index (χ2v) is 6.76. The first kappa shape index (κ1) is 15.4. The Morgan fingerprint density at radius 3 is 2.31 bits per heavy atom. The van der Waals surface area contributed by atoms with Gasteiger partial charge in [0.25, 0.3) is 0 Å².